The van der Waals surface area contributed by atoms with E-state index in [-0.39, 0.29) is 0 Å². The summed E-state index contributed by atoms with van der Waals surface area (Å²) >= 11 is 2.11. The first-order valence-electron chi connectivity index (χ1n) is 7.33. The molecule has 1 atom stereocenters. The second-order valence-electron chi connectivity index (χ2n) is 5.81. The molecule has 0 bridgehead atoms. The highest BCUT2D eigenvalue weighted by Crippen LogP contribution is 2.34. The predicted octanol–water partition coefficient (Wildman–Crippen LogP) is 2.87. The average molecular weight is 256 g/mol. The van der Waals surface area contributed by atoms with Gasteiger partial charge in [-0.1, -0.05) is 32.1 Å². The van der Waals surface area contributed by atoms with Gasteiger partial charge < -0.3 is 5.73 Å². The van der Waals surface area contributed by atoms with Crippen LogP contribution in [0.15, 0.2) is 0 Å². The second-order valence-corrected chi connectivity index (χ2v) is 6.96. The Morgan fingerprint density at radius 2 is 1.82 bits per heavy atom. The first-order valence-corrected chi connectivity index (χ1v) is 8.48. The van der Waals surface area contributed by atoms with Crippen LogP contribution in [0.4, 0.5) is 0 Å². The smallest absolute Gasteiger partial charge is 0.0335 e. The van der Waals surface area contributed by atoms with Crippen LogP contribution < -0.4 is 5.73 Å². The van der Waals surface area contributed by atoms with E-state index in [1.54, 1.807) is 0 Å². The third-order valence-corrected chi connectivity index (χ3v) is 5.83. The van der Waals surface area contributed by atoms with Crippen LogP contribution in [-0.2, 0) is 0 Å². The van der Waals surface area contributed by atoms with Crippen molar-refractivity contribution in [2.24, 2.45) is 5.73 Å². The number of nitrogens with two attached hydrogens (primary N) is 1. The molecule has 2 fully saturated rings. The zero-order valence-corrected chi connectivity index (χ0v) is 12.1. The van der Waals surface area contributed by atoms with Gasteiger partial charge in [0.15, 0.2) is 0 Å². The van der Waals surface area contributed by atoms with E-state index < -0.39 is 0 Å². The summed E-state index contributed by atoms with van der Waals surface area (Å²) in [5, 5.41) is 0. The first-order chi connectivity index (χ1) is 8.28. The lowest BCUT2D eigenvalue weighted by atomic mass is 9.81. The number of thioether (sulfide) groups is 1. The van der Waals surface area contributed by atoms with Gasteiger partial charge in [0.05, 0.1) is 0 Å². The Morgan fingerprint density at radius 3 is 2.41 bits per heavy atom. The molecule has 1 unspecified atom stereocenters. The number of hydrogen-bond donors (Lipinski definition) is 1. The fourth-order valence-electron chi connectivity index (χ4n) is 3.60. The maximum atomic E-state index is 6.20. The SMILES string of the molecule is CC1CSCCN1C1(CN)CCCCCCC1. The number of nitrogens with zero attached hydrogens (tertiary/aromatic N) is 1. The van der Waals surface area contributed by atoms with Crippen LogP contribution in [0.2, 0.25) is 0 Å². The highest BCUT2D eigenvalue weighted by molar-refractivity contribution is 7.99. The van der Waals surface area contributed by atoms with Gasteiger partial charge in [0, 0.05) is 36.2 Å². The molecule has 1 saturated heterocycles. The third kappa shape index (κ3) is 3.18. The molecular weight excluding hydrogens is 228 g/mol. The van der Waals surface area contributed by atoms with E-state index >= 15 is 0 Å². The Balaban J connectivity index is 2.08. The van der Waals surface area contributed by atoms with Gasteiger partial charge in [-0.3, -0.25) is 4.90 Å². The molecule has 1 saturated carbocycles. The van der Waals surface area contributed by atoms with Crippen molar-refractivity contribution < 1.29 is 0 Å². The van der Waals surface area contributed by atoms with Gasteiger partial charge in [-0.15, -0.1) is 0 Å². The Labute approximate surface area is 111 Å². The monoisotopic (exact) mass is 256 g/mol. The standard InChI is InChI=1S/C14H28N2S/c1-13-11-17-10-9-16(13)14(12-15)7-5-3-2-4-6-8-14/h13H,2-12,15H2,1H3. The molecule has 2 N–H and O–H groups in total. The Bertz CT molecular complexity index is 224. The van der Waals surface area contributed by atoms with Crippen LogP contribution in [0, 0.1) is 0 Å². The minimum Gasteiger partial charge on any atom is -0.329 e. The lowest BCUT2D eigenvalue weighted by Crippen LogP contribution is -2.60. The molecule has 2 aliphatic rings. The summed E-state index contributed by atoms with van der Waals surface area (Å²) < 4.78 is 0. The van der Waals surface area contributed by atoms with E-state index in [9.17, 15) is 0 Å². The highest BCUT2D eigenvalue weighted by Gasteiger charge is 2.38. The van der Waals surface area contributed by atoms with Gasteiger partial charge in [-0.25, -0.2) is 0 Å². The molecule has 0 radical (unpaired) electrons. The Morgan fingerprint density at radius 1 is 1.18 bits per heavy atom. The normalized spacial score (nSPS) is 31.8. The summed E-state index contributed by atoms with van der Waals surface area (Å²) in [6.45, 7) is 4.51. The molecule has 1 aliphatic carbocycles. The van der Waals surface area contributed by atoms with Crippen LogP contribution >= 0.6 is 11.8 Å². The van der Waals surface area contributed by atoms with E-state index in [2.05, 4.69) is 23.6 Å². The zero-order chi connectivity index (χ0) is 12.1. The average Bonchev–Trinajstić information content (AvgIpc) is 2.31. The third-order valence-electron chi connectivity index (χ3n) is 4.64. The van der Waals surface area contributed by atoms with Crippen molar-refractivity contribution in [2.75, 3.05) is 24.6 Å². The largest absolute Gasteiger partial charge is 0.329 e. The molecule has 0 aromatic rings. The maximum absolute atomic E-state index is 6.20. The van der Waals surface area contributed by atoms with Crippen LogP contribution in [-0.4, -0.2) is 41.1 Å². The van der Waals surface area contributed by atoms with E-state index in [0.717, 1.165) is 12.6 Å². The lowest BCUT2D eigenvalue weighted by molar-refractivity contribution is 0.0434. The number of rotatable bonds is 2. The van der Waals surface area contributed by atoms with Crippen LogP contribution in [0.5, 0.6) is 0 Å². The fourth-order valence-corrected chi connectivity index (χ4v) is 4.62. The lowest BCUT2D eigenvalue weighted by Gasteiger charge is -2.49. The van der Waals surface area contributed by atoms with E-state index in [1.165, 1.54) is 63.0 Å². The van der Waals surface area contributed by atoms with E-state index in [4.69, 9.17) is 5.73 Å². The van der Waals surface area contributed by atoms with E-state index in [0.29, 0.717) is 5.54 Å². The van der Waals surface area contributed by atoms with Gasteiger partial charge >= 0.3 is 0 Å². The molecule has 17 heavy (non-hydrogen) atoms. The quantitative estimate of drug-likeness (QED) is 0.824. The van der Waals surface area contributed by atoms with Crippen LogP contribution in [0.25, 0.3) is 0 Å². The van der Waals surface area contributed by atoms with Crippen molar-refractivity contribution in [2.45, 2.75) is 63.5 Å². The van der Waals surface area contributed by atoms with Crippen molar-refractivity contribution in [3.63, 3.8) is 0 Å². The van der Waals surface area contributed by atoms with Crippen molar-refractivity contribution in [3.05, 3.63) is 0 Å². The summed E-state index contributed by atoms with van der Waals surface area (Å²) in [6, 6.07) is 0.719. The minimum absolute atomic E-state index is 0.334. The zero-order valence-electron chi connectivity index (χ0n) is 11.3. The van der Waals surface area contributed by atoms with Crippen molar-refractivity contribution in [1.29, 1.82) is 0 Å². The molecule has 0 aromatic heterocycles. The second kappa shape index (κ2) is 6.44. The molecule has 100 valence electrons. The summed E-state index contributed by atoms with van der Waals surface area (Å²) in [5.74, 6) is 2.59. The molecule has 0 amide bonds. The topological polar surface area (TPSA) is 29.3 Å². The molecule has 3 heteroatoms. The summed E-state index contributed by atoms with van der Waals surface area (Å²) in [6.07, 6.45) is 9.70. The summed E-state index contributed by atoms with van der Waals surface area (Å²) in [7, 11) is 0. The van der Waals surface area contributed by atoms with Gasteiger partial charge in [-0.2, -0.15) is 11.8 Å². The van der Waals surface area contributed by atoms with Gasteiger partial charge in [-0.05, 0) is 19.8 Å². The predicted molar refractivity (Wildman–Crippen MR) is 77.6 cm³/mol. The van der Waals surface area contributed by atoms with Crippen molar-refractivity contribution in [1.82, 2.24) is 4.90 Å². The van der Waals surface area contributed by atoms with E-state index in [1.807, 2.05) is 0 Å². The first kappa shape index (κ1) is 13.7. The molecule has 1 heterocycles. The molecular formula is C14H28N2S. The van der Waals surface area contributed by atoms with Gasteiger partial charge in [0.1, 0.15) is 0 Å². The molecule has 0 spiro atoms. The molecule has 1 aliphatic heterocycles. The number of hydrogen-bond acceptors (Lipinski definition) is 3. The molecule has 0 aromatic carbocycles. The Hall–Kier alpha value is 0.270. The van der Waals surface area contributed by atoms with Crippen LogP contribution in [0.1, 0.15) is 51.9 Å². The van der Waals surface area contributed by atoms with Crippen molar-refractivity contribution >= 4 is 11.8 Å². The summed E-state index contributed by atoms with van der Waals surface area (Å²) in [4.78, 5) is 2.76. The Kier molecular flexibility index (Phi) is 5.19. The highest BCUT2D eigenvalue weighted by atomic mass is 32.2. The van der Waals surface area contributed by atoms with Gasteiger partial charge in [0.25, 0.3) is 0 Å². The van der Waals surface area contributed by atoms with Crippen LogP contribution in [0.3, 0.4) is 0 Å². The molecule has 2 rings (SSSR count). The maximum Gasteiger partial charge on any atom is 0.0335 e. The molecule has 2 nitrogen and oxygen atoms in total. The fraction of sp³-hybridized carbons (Fsp3) is 1.00. The minimum atomic E-state index is 0.334. The summed E-state index contributed by atoms with van der Waals surface area (Å²) in [5.41, 5.74) is 6.54. The van der Waals surface area contributed by atoms with Gasteiger partial charge in [0.2, 0.25) is 0 Å². The van der Waals surface area contributed by atoms with Crippen molar-refractivity contribution in [3.8, 4) is 0 Å².